The number of hydrogen-bond acceptors (Lipinski definition) is 7. The van der Waals surface area contributed by atoms with E-state index in [2.05, 4.69) is 70.2 Å². The van der Waals surface area contributed by atoms with Gasteiger partial charge in [0.2, 0.25) is 0 Å². The number of nitrogens with one attached hydrogen (secondary N) is 1. The van der Waals surface area contributed by atoms with Crippen molar-refractivity contribution in [2.24, 2.45) is 0 Å². The molecule has 1 saturated heterocycles. The third kappa shape index (κ3) is 3.37. The van der Waals surface area contributed by atoms with Gasteiger partial charge in [-0.3, -0.25) is 4.57 Å². The molecule has 1 unspecified atom stereocenters. The lowest BCUT2D eigenvalue weighted by atomic mass is 9.68. The summed E-state index contributed by atoms with van der Waals surface area (Å²) >= 11 is 0. The maximum absolute atomic E-state index is 10.3. The van der Waals surface area contributed by atoms with E-state index in [0.29, 0.717) is 23.4 Å². The molecule has 0 saturated carbocycles. The first-order chi connectivity index (χ1) is 18.5. The van der Waals surface area contributed by atoms with Gasteiger partial charge < -0.3 is 20.3 Å². The van der Waals surface area contributed by atoms with Crippen molar-refractivity contribution in [3.05, 3.63) is 89.0 Å². The molecule has 3 N–H and O–H groups in total. The van der Waals surface area contributed by atoms with Crippen molar-refractivity contribution in [3.8, 4) is 0 Å². The minimum absolute atomic E-state index is 0.238. The number of aromatic nitrogens is 4. The summed E-state index contributed by atoms with van der Waals surface area (Å²) in [5.41, 5.74) is 9.35. The maximum atomic E-state index is 10.3. The van der Waals surface area contributed by atoms with E-state index in [9.17, 15) is 10.2 Å². The zero-order valence-electron chi connectivity index (χ0n) is 21.4. The van der Waals surface area contributed by atoms with E-state index in [1.54, 1.807) is 6.33 Å². The van der Waals surface area contributed by atoms with Crippen LogP contribution in [0.5, 0.6) is 0 Å². The molecule has 194 valence electrons. The number of aliphatic hydroxyl groups is 2. The van der Waals surface area contributed by atoms with Gasteiger partial charge in [-0.2, -0.15) is 0 Å². The minimum Gasteiger partial charge on any atom is -0.394 e. The molecular formula is C30H31N5O3. The molecule has 0 spiro atoms. The molecule has 0 radical (unpaired) electrons. The molecule has 3 heterocycles. The normalized spacial score (nSPS) is 26.2. The fourth-order valence-electron chi connectivity index (χ4n) is 6.63. The molecule has 7 rings (SSSR count). The molecule has 8 heteroatoms. The molecule has 2 aromatic heterocycles. The topological polar surface area (TPSA) is 105 Å². The smallest absolute Gasteiger partial charge is 0.167 e. The summed E-state index contributed by atoms with van der Waals surface area (Å²) < 4.78 is 7.68. The van der Waals surface area contributed by atoms with Gasteiger partial charge in [-0.25, -0.2) is 15.0 Å². The van der Waals surface area contributed by atoms with Gasteiger partial charge in [0.05, 0.1) is 24.6 Å². The largest absolute Gasteiger partial charge is 0.394 e. The minimum atomic E-state index is -0.741. The Bertz CT molecular complexity index is 1580. The number of benzene rings is 2. The Morgan fingerprint density at radius 3 is 2.79 bits per heavy atom. The number of nitrogens with zero attached hydrogens (tertiary/aromatic N) is 4. The van der Waals surface area contributed by atoms with Crippen LogP contribution in [0.15, 0.2) is 55.6 Å². The highest BCUT2D eigenvalue weighted by Gasteiger charge is 2.41. The van der Waals surface area contributed by atoms with E-state index in [-0.39, 0.29) is 6.61 Å². The van der Waals surface area contributed by atoms with Gasteiger partial charge in [0, 0.05) is 6.42 Å². The zero-order valence-corrected chi connectivity index (χ0v) is 21.4. The molecule has 0 amide bonds. The third-order valence-corrected chi connectivity index (χ3v) is 8.59. The van der Waals surface area contributed by atoms with Crippen LogP contribution in [0.25, 0.3) is 16.7 Å². The van der Waals surface area contributed by atoms with Gasteiger partial charge in [0.15, 0.2) is 17.0 Å². The van der Waals surface area contributed by atoms with Crippen molar-refractivity contribution in [2.75, 3.05) is 11.9 Å². The van der Waals surface area contributed by atoms with Crippen LogP contribution in [-0.2, 0) is 23.1 Å². The average molecular weight is 510 g/mol. The predicted octanol–water partition coefficient (Wildman–Crippen LogP) is 4.10. The number of ether oxygens (including phenoxy) is 1. The molecule has 0 bridgehead atoms. The van der Waals surface area contributed by atoms with Crippen LogP contribution in [0.2, 0.25) is 0 Å². The lowest BCUT2D eigenvalue weighted by Crippen LogP contribution is -2.38. The molecule has 1 fully saturated rings. The van der Waals surface area contributed by atoms with Crippen molar-refractivity contribution in [1.82, 2.24) is 19.5 Å². The van der Waals surface area contributed by atoms with E-state index in [0.717, 1.165) is 29.5 Å². The predicted molar refractivity (Wildman–Crippen MR) is 145 cm³/mol. The van der Waals surface area contributed by atoms with E-state index in [1.165, 1.54) is 41.4 Å². The van der Waals surface area contributed by atoms with E-state index in [1.807, 2.05) is 4.57 Å². The average Bonchev–Trinajstić information content (AvgIpc) is 3.55. The highest BCUT2D eigenvalue weighted by molar-refractivity contribution is 5.90. The Kier molecular flexibility index (Phi) is 5.40. The number of imidazole rings is 1. The van der Waals surface area contributed by atoms with Crippen LogP contribution in [0.3, 0.4) is 0 Å². The highest BCUT2D eigenvalue weighted by Crippen LogP contribution is 2.49. The molecule has 38 heavy (non-hydrogen) atoms. The van der Waals surface area contributed by atoms with Gasteiger partial charge in [0.25, 0.3) is 0 Å². The van der Waals surface area contributed by atoms with E-state index >= 15 is 0 Å². The summed E-state index contributed by atoms with van der Waals surface area (Å²) in [6, 6.07) is 13.0. The van der Waals surface area contributed by atoms with Crippen molar-refractivity contribution < 1.29 is 14.9 Å². The molecule has 4 aromatic rings. The number of fused-ring (bicyclic) bond motifs is 5. The van der Waals surface area contributed by atoms with Crippen molar-refractivity contribution in [3.63, 3.8) is 0 Å². The number of aryl methyl sites for hydroxylation is 1. The summed E-state index contributed by atoms with van der Waals surface area (Å²) in [6.07, 6.45) is 6.34. The number of anilines is 1. The molecule has 4 atom stereocenters. The highest BCUT2D eigenvalue weighted by atomic mass is 16.5. The fourth-order valence-corrected chi connectivity index (χ4v) is 6.63. The van der Waals surface area contributed by atoms with Crippen LogP contribution in [0.4, 0.5) is 5.82 Å². The molecule has 8 nitrogen and oxygen atoms in total. The molecule has 2 aliphatic carbocycles. The van der Waals surface area contributed by atoms with Gasteiger partial charge in [-0.1, -0.05) is 43.0 Å². The van der Waals surface area contributed by atoms with Crippen LogP contribution in [0.1, 0.15) is 65.8 Å². The number of rotatable bonds is 4. The van der Waals surface area contributed by atoms with E-state index in [4.69, 9.17) is 4.74 Å². The summed E-state index contributed by atoms with van der Waals surface area (Å²) in [5, 5.41) is 23.6. The molecule has 3 aliphatic rings. The van der Waals surface area contributed by atoms with Crippen molar-refractivity contribution >= 4 is 22.6 Å². The quantitative estimate of drug-likeness (QED) is 0.380. The monoisotopic (exact) mass is 509 g/mol. The Hall–Kier alpha value is -3.59. The SMILES string of the molecule is C=C1c2ccccc2C(C)(Nc2ncnc3c2ncn3[C@H]2C[C@H](O)[C@@H](CO)O2)c2ccc3c(c21)CCCC3. The summed E-state index contributed by atoms with van der Waals surface area (Å²) in [5.74, 6) is 0.625. The molecule has 1 aliphatic heterocycles. The Labute approximate surface area is 221 Å². The molecular weight excluding hydrogens is 478 g/mol. The van der Waals surface area contributed by atoms with Crippen molar-refractivity contribution in [1.29, 1.82) is 0 Å². The number of hydrogen-bond donors (Lipinski definition) is 3. The van der Waals surface area contributed by atoms with Gasteiger partial charge in [0.1, 0.15) is 18.7 Å². The second kappa shape index (κ2) is 8.73. The Morgan fingerprint density at radius 1 is 1.11 bits per heavy atom. The zero-order chi connectivity index (χ0) is 26.0. The first kappa shape index (κ1) is 23.5. The summed E-state index contributed by atoms with van der Waals surface area (Å²) in [4.78, 5) is 13.8. The van der Waals surface area contributed by atoms with Gasteiger partial charge in [-0.15, -0.1) is 0 Å². The maximum Gasteiger partial charge on any atom is 0.167 e. The van der Waals surface area contributed by atoms with Gasteiger partial charge >= 0.3 is 0 Å². The Balaban J connectivity index is 1.35. The van der Waals surface area contributed by atoms with Crippen LogP contribution in [-0.4, -0.2) is 48.5 Å². The van der Waals surface area contributed by atoms with Crippen LogP contribution < -0.4 is 5.32 Å². The first-order valence-corrected chi connectivity index (χ1v) is 13.3. The molecule has 2 aromatic carbocycles. The Morgan fingerprint density at radius 2 is 1.95 bits per heavy atom. The number of aliphatic hydroxyl groups excluding tert-OH is 2. The van der Waals surface area contributed by atoms with E-state index < -0.39 is 24.0 Å². The second-order valence-corrected chi connectivity index (χ2v) is 10.8. The first-order valence-electron chi connectivity index (χ1n) is 13.3. The standard InChI is InChI=1S/C30H31N5O3/c1-17-19-8-5-6-10-21(19)30(2,22-12-11-18-7-3-4-9-20(18)26(17)22)34-28-27-29(32-15-31-28)35(16-33-27)25-13-23(37)24(14-36)38-25/h5-6,8,10-12,15-16,23-25,36-37H,1,3-4,7,9,13-14H2,2H3,(H,31,32,34)/t23-,24+,25+,30?/m0/s1. The van der Waals surface area contributed by atoms with Crippen LogP contribution in [0, 0.1) is 0 Å². The van der Waals surface area contributed by atoms with Crippen molar-refractivity contribution in [2.45, 2.75) is 63.0 Å². The fraction of sp³-hybridized carbons (Fsp3) is 0.367. The lowest BCUT2D eigenvalue weighted by Gasteiger charge is -2.41. The van der Waals surface area contributed by atoms with Crippen LogP contribution >= 0.6 is 0 Å². The second-order valence-electron chi connectivity index (χ2n) is 10.8. The third-order valence-electron chi connectivity index (χ3n) is 8.59. The summed E-state index contributed by atoms with van der Waals surface area (Å²) in [6.45, 7) is 6.54. The van der Waals surface area contributed by atoms with Gasteiger partial charge in [-0.05, 0) is 71.6 Å². The lowest BCUT2D eigenvalue weighted by molar-refractivity contribution is -0.0432. The summed E-state index contributed by atoms with van der Waals surface area (Å²) in [7, 11) is 0.